The molecule has 0 spiro atoms. The van der Waals surface area contributed by atoms with E-state index < -0.39 is 4.92 Å². The Morgan fingerprint density at radius 3 is 2.38 bits per heavy atom. The average molecular weight is 308 g/mol. The van der Waals surface area contributed by atoms with Crippen LogP contribution in [-0.2, 0) is 5.88 Å². The van der Waals surface area contributed by atoms with Gasteiger partial charge in [-0.15, -0.1) is 11.6 Å². The lowest BCUT2D eigenvalue weighted by Gasteiger charge is -2.10. The highest BCUT2D eigenvalue weighted by atomic mass is 35.5. The van der Waals surface area contributed by atoms with Gasteiger partial charge in [0.2, 0.25) is 0 Å². The molecule has 0 radical (unpaired) electrons. The van der Waals surface area contributed by atoms with Crippen LogP contribution in [0, 0.1) is 10.1 Å². The molecule has 0 fully saturated rings. The Morgan fingerprint density at radius 2 is 1.81 bits per heavy atom. The van der Waals surface area contributed by atoms with Gasteiger partial charge < -0.3 is 9.47 Å². The van der Waals surface area contributed by atoms with E-state index in [0.29, 0.717) is 23.7 Å². The number of alkyl halides is 1. The standard InChI is InChI=1S/C15H14ClNO4/c1-2-20-13-4-6-14(7-5-13)21-15-8-3-12(17(18)19)9-11(15)10-16/h3-9H,2,10H2,1H3. The van der Waals surface area contributed by atoms with Crippen molar-refractivity contribution in [3.63, 3.8) is 0 Å². The van der Waals surface area contributed by atoms with Crippen molar-refractivity contribution in [1.29, 1.82) is 0 Å². The number of hydrogen-bond acceptors (Lipinski definition) is 4. The highest BCUT2D eigenvalue weighted by Gasteiger charge is 2.11. The highest BCUT2D eigenvalue weighted by molar-refractivity contribution is 6.17. The van der Waals surface area contributed by atoms with E-state index in [1.54, 1.807) is 30.3 Å². The van der Waals surface area contributed by atoms with E-state index in [9.17, 15) is 10.1 Å². The maximum atomic E-state index is 10.7. The van der Waals surface area contributed by atoms with Crippen LogP contribution in [0.15, 0.2) is 42.5 Å². The van der Waals surface area contributed by atoms with Gasteiger partial charge in [0.15, 0.2) is 0 Å². The molecular formula is C15H14ClNO4. The summed E-state index contributed by atoms with van der Waals surface area (Å²) in [6.45, 7) is 2.51. The first kappa shape index (κ1) is 15.1. The van der Waals surface area contributed by atoms with Gasteiger partial charge in [0.25, 0.3) is 5.69 Å². The Kier molecular flexibility index (Phi) is 5.00. The van der Waals surface area contributed by atoms with Crippen LogP contribution < -0.4 is 9.47 Å². The molecule has 0 aliphatic heterocycles. The number of ether oxygens (including phenoxy) is 2. The summed E-state index contributed by atoms with van der Waals surface area (Å²) in [5.41, 5.74) is 0.560. The number of nitro benzene ring substituents is 1. The first-order chi connectivity index (χ1) is 10.1. The average Bonchev–Trinajstić information content (AvgIpc) is 2.49. The molecule has 0 amide bonds. The fourth-order valence-electron chi connectivity index (χ4n) is 1.78. The third-order valence-corrected chi connectivity index (χ3v) is 3.05. The second kappa shape index (κ2) is 6.95. The van der Waals surface area contributed by atoms with Crippen molar-refractivity contribution < 1.29 is 14.4 Å². The molecule has 0 saturated carbocycles. The minimum Gasteiger partial charge on any atom is -0.494 e. The van der Waals surface area contributed by atoms with E-state index in [4.69, 9.17) is 21.1 Å². The van der Waals surface area contributed by atoms with Gasteiger partial charge in [-0.05, 0) is 37.3 Å². The molecule has 21 heavy (non-hydrogen) atoms. The molecule has 0 heterocycles. The lowest BCUT2D eigenvalue weighted by Crippen LogP contribution is -1.94. The minimum absolute atomic E-state index is 0.00954. The number of halogens is 1. The zero-order valence-electron chi connectivity index (χ0n) is 11.4. The van der Waals surface area contributed by atoms with Gasteiger partial charge in [-0.1, -0.05) is 0 Å². The summed E-state index contributed by atoms with van der Waals surface area (Å²) in [6, 6.07) is 11.5. The van der Waals surface area contributed by atoms with Gasteiger partial charge in [0.05, 0.1) is 17.4 Å². The fourth-order valence-corrected chi connectivity index (χ4v) is 1.99. The van der Waals surface area contributed by atoms with E-state index in [1.807, 2.05) is 6.92 Å². The van der Waals surface area contributed by atoms with Crippen LogP contribution in [0.5, 0.6) is 17.2 Å². The highest BCUT2D eigenvalue weighted by Crippen LogP contribution is 2.30. The zero-order chi connectivity index (χ0) is 15.2. The summed E-state index contributed by atoms with van der Waals surface area (Å²) in [7, 11) is 0. The van der Waals surface area contributed by atoms with Crippen molar-refractivity contribution in [2.45, 2.75) is 12.8 Å². The molecule has 2 rings (SSSR count). The molecule has 0 atom stereocenters. The summed E-state index contributed by atoms with van der Waals surface area (Å²) in [4.78, 5) is 10.3. The van der Waals surface area contributed by atoms with E-state index in [-0.39, 0.29) is 11.6 Å². The number of nitrogens with zero attached hydrogens (tertiary/aromatic N) is 1. The van der Waals surface area contributed by atoms with Crippen molar-refractivity contribution in [1.82, 2.24) is 0 Å². The van der Waals surface area contributed by atoms with Gasteiger partial charge in [-0.2, -0.15) is 0 Å². The summed E-state index contributed by atoms with van der Waals surface area (Å²) < 4.78 is 11.1. The molecule has 2 aromatic rings. The number of benzene rings is 2. The summed E-state index contributed by atoms with van der Waals surface area (Å²) in [5.74, 6) is 2.00. The molecule has 110 valence electrons. The Morgan fingerprint density at radius 1 is 1.14 bits per heavy atom. The first-order valence-electron chi connectivity index (χ1n) is 6.38. The van der Waals surface area contributed by atoms with Crippen LogP contribution in [0.3, 0.4) is 0 Å². The van der Waals surface area contributed by atoms with E-state index in [2.05, 4.69) is 0 Å². The Bertz CT molecular complexity index is 628. The van der Waals surface area contributed by atoms with Crippen LogP contribution in [0.25, 0.3) is 0 Å². The molecule has 0 saturated heterocycles. The second-order valence-electron chi connectivity index (χ2n) is 4.19. The molecule has 0 aromatic heterocycles. The van der Waals surface area contributed by atoms with Crippen LogP contribution in [0.1, 0.15) is 12.5 Å². The summed E-state index contributed by atoms with van der Waals surface area (Å²) in [5, 5.41) is 10.7. The zero-order valence-corrected chi connectivity index (χ0v) is 12.2. The number of nitro groups is 1. The Balaban J connectivity index is 2.20. The van der Waals surface area contributed by atoms with Crippen molar-refractivity contribution in [2.24, 2.45) is 0 Å². The molecule has 0 unspecified atom stereocenters. The number of hydrogen-bond donors (Lipinski definition) is 0. The fraction of sp³-hybridized carbons (Fsp3) is 0.200. The monoisotopic (exact) mass is 307 g/mol. The van der Waals surface area contributed by atoms with Gasteiger partial charge in [0, 0.05) is 17.7 Å². The quantitative estimate of drug-likeness (QED) is 0.447. The maximum Gasteiger partial charge on any atom is 0.270 e. The molecule has 0 aliphatic rings. The largest absolute Gasteiger partial charge is 0.494 e. The summed E-state index contributed by atoms with van der Waals surface area (Å²) >= 11 is 5.82. The van der Waals surface area contributed by atoms with Crippen molar-refractivity contribution in [2.75, 3.05) is 6.61 Å². The van der Waals surface area contributed by atoms with Crippen LogP contribution in [-0.4, -0.2) is 11.5 Å². The van der Waals surface area contributed by atoms with E-state index in [0.717, 1.165) is 5.75 Å². The third kappa shape index (κ3) is 3.86. The lowest BCUT2D eigenvalue weighted by atomic mass is 10.2. The van der Waals surface area contributed by atoms with Gasteiger partial charge in [0.1, 0.15) is 17.2 Å². The number of rotatable bonds is 6. The molecule has 0 bridgehead atoms. The molecule has 0 aliphatic carbocycles. The molecule has 2 aromatic carbocycles. The maximum absolute atomic E-state index is 10.7. The van der Waals surface area contributed by atoms with Crippen LogP contribution in [0.4, 0.5) is 5.69 Å². The topological polar surface area (TPSA) is 61.6 Å². The van der Waals surface area contributed by atoms with E-state index >= 15 is 0 Å². The lowest BCUT2D eigenvalue weighted by molar-refractivity contribution is -0.384. The van der Waals surface area contributed by atoms with Crippen LogP contribution in [0.2, 0.25) is 0 Å². The minimum atomic E-state index is -0.462. The first-order valence-corrected chi connectivity index (χ1v) is 6.91. The third-order valence-electron chi connectivity index (χ3n) is 2.76. The van der Waals surface area contributed by atoms with Gasteiger partial charge >= 0.3 is 0 Å². The van der Waals surface area contributed by atoms with E-state index in [1.165, 1.54) is 12.1 Å². The second-order valence-corrected chi connectivity index (χ2v) is 4.46. The molecule has 6 heteroatoms. The Hall–Kier alpha value is -2.27. The Labute approximate surface area is 127 Å². The normalized spacial score (nSPS) is 10.2. The number of non-ortho nitro benzene ring substituents is 1. The predicted octanol–water partition coefficient (Wildman–Crippen LogP) is 4.52. The van der Waals surface area contributed by atoms with Gasteiger partial charge in [-0.25, -0.2) is 0 Å². The van der Waals surface area contributed by atoms with Crippen molar-refractivity contribution >= 4 is 17.3 Å². The molecule has 5 nitrogen and oxygen atoms in total. The summed E-state index contributed by atoms with van der Waals surface area (Å²) in [6.07, 6.45) is 0. The van der Waals surface area contributed by atoms with Crippen molar-refractivity contribution in [3.05, 3.63) is 58.1 Å². The molecular weight excluding hydrogens is 294 g/mol. The SMILES string of the molecule is CCOc1ccc(Oc2ccc([N+](=O)[O-])cc2CCl)cc1. The predicted molar refractivity (Wildman–Crippen MR) is 80.3 cm³/mol. The van der Waals surface area contributed by atoms with Crippen molar-refractivity contribution in [3.8, 4) is 17.2 Å². The van der Waals surface area contributed by atoms with Gasteiger partial charge in [-0.3, -0.25) is 10.1 Å². The molecule has 0 N–H and O–H groups in total. The van der Waals surface area contributed by atoms with Crippen LogP contribution >= 0.6 is 11.6 Å². The smallest absolute Gasteiger partial charge is 0.270 e.